The second-order valence-electron chi connectivity index (χ2n) is 6.31. The van der Waals surface area contributed by atoms with Crippen LogP contribution in [0.4, 0.5) is 5.82 Å². The summed E-state index contributed by atoms with van der Waals surface area (Å²) in [4.78, 5) is 8.89. The van der Waals surface area contributed by atoms with Crippen LogP contribution in [0.1, 0.15) is 22.1 Å². The van der Waals surface area contributed by atoms with E-state index in [9.17, 15) is 10.2 Å². The van der Waals surface area contributed by atoms with E-state index in [1.807, 2.05) is 16.7 Å². The predicted octanol–water partition coefficient (Wildman–Crippen LogP) is 2.16. The highest BCUT2D eigenvalue weighted by Gasteiger charge is 2.37. The summed E-state index contributed by atoms with van der Waals surface area (Å²) in [6.45, 7) is 2.73. The highest BCUT2D eigenvalue weighted by Crippen LogP contribution is 2.40. The van der Waals surface area contributed by atoms with Crippen molar-refractivity contribution in [2.24, 2.45) is 0 Å². The Bertz CT molecular complexity index is 898. The van der Waals surface area contributed by atoms with Crippen LogP contribution in [-0.4, -0.2) is 42.5 Å². The number of aryl methyl sites for hydroxylation is 1. The summed E-state index contributed by atoms with van der Waals surface area (Å²) in [5, 5.41) is 23.2. The van der Waals surface area contributed by atoms with Crippen LogP contribution >= 0.6 is 11.8 Å². The molecule has 1 saturated heterocycles. The maximum absolute atomic E-state index is 10.2. The number of nitrogens with zero attached hydrogens (tertiary/aromatic N) is 3. The van der Waals surface area contributed by atoms with Crippen molar-refractivity contribution in [3.8, 4) is 0 Å². The van der Waals surface area contributed by atoms with Crippen molar-refractivity contribution >= 4 is 23.2 Å². The van der Waals surface area contributed by atoms with Crippen molar-refractivity contribution in [1.29, 1.82) is 0 Å². The molecule has 0 unspecified atom stereocenters. The zero-order chi connectivity index (χ0) is 17.4. The average molecular weight is 356 g/mol. The highest BCUT2D eigenvalue weighted by molar-refractivity contribution is 7.99. The van der Waals surface area contributed by atoms with Gasteiger partial charge in [0.25, 0.3) is 0 Å². The lowest BCUT2D eigenvalue weighted by molar-refractivity contribution is 0.0411. The van der Waals surface area contributed by atoms with Gasteiger partial charge in [-0.05, 0) is 12.5 Å². The fourth-order valence-electron chi connectivity index (χ4n) is 3.14. The summed E-state index contributed by atoms with van der Waals surface area (Å²) in [6, 6.07) is 8.32. The monoisotopic (exact) mass is 356 g/mol. The molecule has 6 nitrogen and oxygen atoms in total. The fourth-order valence-corrected chi connectivity index (χ4v) is 4.47. The smallest absolute Gasteiger partial charge is 0.180 e. The van der Waals surface area contributed by atoms with Gasteiger partial charge in [-0.1, -0.05) is 29.8 Å². The van der Waals surface area contributed by atoms with Gasteiger partial charge in [0.05, 0.1) is 29.3 Å². The van der Waals surface area contributed by atoms with Crippen LogP contribution in [0.25, 0.3) is 5.65 Å². The third-order valence-electron chi connectivity index (χ3n) is 4.44. The second-order valence-corrected chi connectivity index (χ2v) is 7.48. The molecular weight excluding hydrogens is 336 g/mol. The van der Waals surface area contributed by atoms with Crippen LogP contribution < -0.4 is 5.32 Å². The minimum absolute atomic E-state index is 0.183. The van der Waals surface area contributed by atoms with Gasteiger partial charge in [0.2, 0.25) is 0 Å². The van der Waals surface area contributed by atoms with E-state index in [4.69, 9.17) is 0 Å². The number of imidazole rings is 1. The number of nitrogens with one attached hydrogen (secondary N) is 1. The van der Waals surface area contributed by atoms with Crippen LogP contribution in [0.3, 0.4) is 0 Å². The molecule has 0 radical (unpaired) electrons. The Hall–Kier alpha value is -2.09. The molecule has 1 aromatic carbocycles. The van der Waals surface area contributed by atoms with Crippen molar-refractivity contribution in [1.82, 2.24) is 14.4 Å². The van der Waals surface area contributed by atoms with E-state index in [0.717, 1.165) is 11.3 Å². The van der Waals surface area contributed by atoms with Gasteiger partial charge < -0.3 is 15.5 Å². The number of hydrogen-bond donors (Lipinski definition) is 3. The average Bonchev–Trinajstić information content (AvgIpc) is 3.17. The van der Waals surface area contributed by atoms with Gasteiger partial charge in [-0.2, -0.15) is 0 Å². The van der Waals surface area contributed by atoms with Gasteiger partial charge >= 0.3 is 0 Å². The molecule has 4 rings (SSSR count). The molecule has 7 heteroatoms. The topological polar surface area (TPSA) is 82.7 Å². The van der Waals surface area contributed by atoms with Gasteiger partial charge in [0.15, 0.2) is 11.5 Å². The molecule has 2 aromatic heterocycles. The fraction of sp³-hybridized carbons (Fsp3) is 0.333. The zero-order valence-electron chi connectivity index (χ0n) is 13.8. The molecule has 25 heavy (non-hydrogen) atoms. The summed E-state index contributed by atoms with van der Waals surface area (Å²) < 4.78 is 1.94. The number of anilines is 1. The summed E-state index contributed by atoms with van der Waals surface area (Å²) >= 11 is 1.55. The van der Waals surface area contributed by atoms with E-state index in [-0.39, 0.29) is 5.25 Å². The van der Waals surface area contributed by atoms with Crippen LogP contribution in [0.2, 0.25) is 0 Å². The minimum atomic E-state index is -0.776. The first-order valence-corrected chi connectivity index (χ1v) is 9.27. The number of fused-ring (bicyclic) bond motifs is 1. The van der Waals surface area contributed by atoms with E-state index in [1.165, 1.54) is 11.1 Å². The van der Waals surface area contributed by atoms with Crippen LogP contribution in [-0.2, 0) is 6.54 Å². The molecule has 0 spiro atoms. The van der Waals surface area contributed by atoms with E-state index < -0.39 is 12.2 Å². The van der Waals surface area contributed by atoms with E-state index >= 15 is 0 Å². The molecule has 3 N–H and O–H groups in total. The third-order valence-corrected chi connectivity index (χ3v) is 5.85. The standard InChI is InChI=1S/C18H20N4O2S/c1-11-3-2-4-12(7-11)8-20-17-18-21-9-13(22(18)6-5-19-17)16-15(24)14(23)10-25-16/h2-7,9,14-16,23-24H,8,10H2,1H3,(H,19,20)/t14-,15-,16+/m1/s1. The number of benzene rings is 1. The lowest BCUT2D eigenvalue weighted by atomic mass is 10.1. The summed E-state index contributed by atoms with van der Waals surface area (Å²) in [7, 11) is 0. The first kappa shape index (κ1) is 16.4. The minimum Gasteiger partial charge on any atom is -0.390 e. The van der Waals surface area contributed by atoms with Crippen molar-refractivity contribution in [2.45, 2.75) is 30.9 Å². The van der Waals surface area contributed by atoms with Crippen LogP contribution in [0.15, 0.2) is 42.9 Å². The quantitative estimate of drug-likeness (QED) is 0.665. The third kappa shape index (κ3) is 3.10. The van der Waals surface area contributed by atoms with E-state index in [1.54, 1.807) is 24.2 Å². The molecule has 3 atom stereocenters. The number of aliphatic hydroxyl groups is 2. The van der Waals surface area contributed by atoms with Gasteiger partial charge in [-0.25, -0.2) is 9.97 Å². The molecule has 1 aliphatic heterocycles. The molecule has 1 fully saturated rings. The molecule has 3 heterocycles. The molecule has 1 aliphatic rings. The van der Waals surface area contributed by atoms with Crippen LogP contribution in [0, 0.1) is 6.92 Å². The number of aliphatic hydroxyl groups excluding tert-OH is 2. The Morgan fingerprint density at radius 2 is 2.20 bits per heavy atom. The molecule has 0 amide bonds. The van der Waals surface area contributed by atoms with Gasteiger partial charge in [0, 0.05) is 24.7 Å². The number of aromatic nitrogens is 3. The molecule has 0 bridgehead atoms. The van der Waals surface area contributed by atoms with Crippen molar-refractivity contribution in [2.75, 3.05) is 11.1 Å². The molecular formula is C18H20N4O2S. The first-order valence-electron chi connectivity index (χ1n) is 8.22. The van der Waals surface area contributed by atoms with E-state index in [0.29, 0.717) is 18.1 Å². The number of rotatable bonds is 4. The lowest BCUT2D eigenvalue weighted by Gasteiger charge is -2.15. The highest BCUT2D eigenvalue weighted by atomic mass is 32.2. The van der Waals surface area contributed by atoms with Gasteiger partial charge in [-0.3, -0.25) is 4.40 Å². The Kier molecular flexibility index (Phi) is 4.37. The van der Waals surface area contributed by atoms with Gasteiger partial charge in [-0.15, -0.1) is 11.8 Å². The van der Waals surface area contributed by atoms with Crippen LogP contribution in [0.5, 0.6) is 0 Å². The predicted molar refractivity (Wildman–Crippen MR) is 98.7 cm³/mol. The van der Waals surface area contributed by atoms with Gasteiger partial charge in [0.1, 0.15) is 0 Å². The SMILES string of the molecule is Cc1cccc(CNc2nccn3c([C@@H]4SC[C@@H](O)[C@H]4O)cnc23)c1. The zero-order valence-corrected chi connectivity index (χ0v) is 14.6. The first-order chi connectivity index (χ1) is 12.1. The Labute approximate surface area is 149 Å². The molecule has 130 valence electrons. The second kappa shape index (κ2) is 6.67. The summed E-state index contributed by atoms with van der Waals surface area (Å²) in [5.41, 5.74) is 4.00. The normalized spacial score (nSPS) is 23.2. The largest absolute Gasteiger partial charge is 0.390 e. The van der Waals surface area contributed by atoms with Crippen molar-refractivity contribution in [3.63, 3.8) is 0 Å². The maximum Gasteiger partial charge on any atom is 0.180 e. The lowest BCUT2D eigenvalue weighted by Crippen LogP contribution is -2.25. The maximum atomic E-state index is 10.2. The van der Waals surface area contributed by atoms with Crippen molar-refractivity contribution in [3.05, 3.63) is 59.7 Å². The Morgan fingerprint density at radius 1 is 1.32 bits per heavy atom. The molecule has 0 aliphatic carbocycles. The van der Waals surface area contributed by atoms with Crippen molar-refractivity contribution < 1.29 is 10.2 Å². The number of hydrogen-bond acceptors (Lipinski definition) is 6. The Balaban J connectivity index is 1.61. The molecule has 0 saturated carbocycles. The Morgan fingerprint density at radius 3 is 2.96 bits per heavy atom. The summed E-state index contributed by atoms with van der Waals surface area (Å²) in [6.07, 6.45) is 3.85. The molecule has 3 aromatic rings. The van der Waals surface area contributed by atoms with E-state index in [2.05, 4.69) is 40.4 Å². The number of thioether (sulfide) groups is 1. The summed E-state index contributed by atoms with van der Waals surface area (Å²) in [5.74, 6) is 1.23.